The molecule has 1 atom stereocenters. The third-order valence-electron chi connectivity index (χ3n) is 13.9. The minimum Gasteiger partial charge on any atom is -0.375 e. The summed E-state index contributed by atoms with van der Waals surface area (Å²) in [7, 11) is 0. The largest absolute Gasteiger partial charge is 0.375 e. The standard InChI is InChI=1S/C49H57F2N11O5S.H2/c1-48(2)11-15-59(16-12-48)25-33-20-37(51)40(21-36(33)50)61-27-44(64)58-49(28-61)13-17-60(18-14-49)42-22-41(54-29-55-42)52-23-31-5-3-6-32(19-31)24-53-47(67)68-30-56-38-8-4-7-34-35(38)26-62(46(34)66)39-9-10-43(63)57-45(39)65;/h3-8,19-22,29,39,56H,9-18,23-28,30H2,1-2H3,(H,53,67)(H,58,64)(H,52,54,55)(H,57,63,65);1H. The van der Waals surface area contributed by atoms with E-state index in [-0.39, 0.29) is 67.3 Å². The lowest BCUT2D eigenvalue weighted by molar-refractivity contribution is -0.137. The maximum Gasteiger partial charge on any atom is 0.281 e. The number of halogens is 2. The smallest absolute Gasteiger partial charge is 0.281 e. The number of likely N-dealkylation sites (tertiary alicyclic amines) is 1. The molecule has 3 aromatic carbocycles. The number of thioether (sulfide) groups is 1. The van der Waals surface area contributed by atoms with Crippen molar-refractivity contribution >= 4 is 63.6 Å². The van der Waals surface area contributed by atoms with Gasteiger partial charge in [0.25, 0.3) is 11.1 Å². The van der Waals surface area contributed by atoms with Crippen LogP contribution in [-0.2, 0) is 40.6 Å². The number of fused-ring (bicyclic) bond motifs is 1. The van der Waals surface area contributed by atoms with E-state index in [0.717, 1.165) is 60.2 Å². The monoisotopic (exact) mass is 951 g/mol. The van der Waals surface area contributed by atoms with E-state index >= 15 is 8.78 Å². The predicted molar refractivity (Wildman–Crippen MR) is 258 cm³/mol. The fourth-order valence-electron chi connectivity index (χ4n) is 9.90. The molecule has 4 aromatic rings. The van der Waals surface area contributed by atoms with E-state index in [1.54, 1.807) is 17.0 Å². The molecular weight excluding hydrogens is 893 g/mol. The number of hydrogen-bond acceptors (Lipinski definition) is 13. The van der Waals surface area contributed by atoms with Crippen molar-refractivity contribution in [3.63, 3.8) is 0 Å². The minimum absolute atomic E-state index is 0. The van der Waals surface area contributed by atoms with Crippen LogP contribution in [0.1, 0.15) is 86.4 Å². The fourth-order valence-corrected chi connectivity index (χ4v) is 10.4. The molecule has 5 amide bonds. The number of hydrogen-bond donors (Lipinski definition) is 5. The van der Waals surface area contributed by atoms with Gasteiger partial charge in [0.05, 0.1) is 23.6 Å². The fraction of sp³-hybridized carbons (Fsp3) is 0.449. The van der Waals surface area contributed by atoms with Crippen LogP contribution in [0.15, 0.2) is 67.0 Å². The number of rotatable bonds is 13. The van der Waals surface area contributed by atoms with Crippen LogP contribution in [0.25, 0.3) is 0 Å². The molecule has 6 heterocycles. The summed E-state index contributed by atoms with van der Waals surface area (Å²) in [4.78, 5) is 79.7. The van der Waals surface area contributed by atoms with E-state index in [0.29, 0.717) is 74.7 Å². The van der Waals surface area contributed by atoms with E-state index in [9.17, 15) is 24.0 Å². The maximum absolute atomic E-state index is 15.7. The van der Waals surface area contributed by atoms with E-state index < -0.39 is 29.1 Å². The van der Waals surface area contributed by atoms with Crippen LogP contribution in [0.2, 0.25) is 0 Å². The highest BCUT2D eigenvalue weighted by Gasteiger charge is 2.43. The van der Waals surface area contributed by atoms with Gasteiger partial charge in [-0.15, -0.1) is 0 Å². The molecule has 1 spiro atoms. The Kier molecular flexibility index (Phi) is 13.6. The van der Waals surface area contributed by atoms with Gasteiger partial charge in [-0.1, -0.05) is 44.2 Å². The molecule has 360 valence electrons. The number of aromatic nitrogens is 2. The summed E-state index contributed by atoms with van der Waals surface area (Å²) >= 11 is 1.06. The van der Waals surface area contributed by atoms with Gasteiger partial charge in [0, 0.05) is 88.2 Å². The predicted octanol–water partition coefficient (Wildman–Crippen LogP) is 5.98. The Hall–Kier alpha value is -6.34. The molecule has 5 aliphatic rings. The number of imide groups is 1. The zero-order chi connectivity index (χ0) is 47.6. The van der Waals surface area contributed by atoms with Gasteiger partial charge in [0.15, 0.2) is 0 Å². The average Bonchev–Trinajstić information content (AvgIpc) is 3.65. The van der Waals surface area contributed by atoms with Gasteiger partial charge in [-0.25, -0.2) is 18.7 Å². The average molecular weight is 952 g/mol. The first-order valence-electron chi connectivity index (χ1n) is 23.3. The molecule has 9 rings (SSSR count). The molecule has 4 fully saturated rings. The van der Waals surface area contributed by atoms with Crippen LogP contribution < -0.4 is 36.4 Å². The van der Waals surface area contributed by atoms with Crippen LogP contribution in [0.3, 0.4) is 0 Å². The molecule has 68 heavy (non-hydrogen) atoms. The number of nitrogens with one attached hydrogen (secondary N) is 5. The molecule has 1 unspecified atom stereocenters. The summed E-state index contributed by atoms with van der Waals surface area (Å²) in [5.41, 5.74) is 3.96. The highest BCUT2D eigenvalue weighted by Crippen LogP contribution is 2.36. The Morgan fingerprint density at radius 1 is 0.853 bits per heavy atom. The zero-order valence-electron chi connectivity index (χ0n) is 38.3. The van der Waals surface area contributed by atoms with Crippen molar-refractivity contribution in [2.75, 3.05) is 65.6 Å². The van der Waals surface area contributed by atoms with Crippen molar-refractivity contribution in [3.05, 3.63) is 106 Å². The highest BCUT2D eigenvalue weighted by atomic mass is 32.2. The third kappa shape index (κ3) is 10.7. The van der Waals surface area contributed by atoms with Crippen LogP contribution in [0.5, 0.6) is 0 Å². The summed E-state index contributed by atoms with van der Waals surface area (Å²) in [6.45, 7) is 9.07. The van der Waals surface area contributed by atoms with Crippen molar-refractivity contribution in [3.8, 4) is 0 Å². The molecule has 19 heteroatoms. The first-order valence-corrected chi connectivity index (χ1v) is 24.2. The first kappa shape index (κ1) is 46.8. The second kappa shape index (κ2) is 19.7. The van der Waals surface area contributed by atoms with Gasteiger partial charge in [-0.2, -0.15) is 0 Å². The number of nitrogens with zero attached hydrogens (tertiary/aromatic N) is 6. The molecule has 4 saturated heterocycles. The quantitative estimate of drug-likeness (QED) is 0.0780. The Balaban J connectivity index is 0.00000642. The van der Waals surface area contributed by atoms with Crippen LogP contribution in [-0.4, -0.2) is 105 Å². The molecular formula is C49H59F2N11O5S. The normalized spacial score (nSPS) is 20.2. The number of carbonyl (C=O) groups is 5. The maximum atomic E-state index is 15.7. The second-order valence-electron chi connectivity index (χ2n) is 19.3. The molecule has 0 aliphatic carbocycles. The van der Waals surface area contributed by atoms with Gasteiger partial charge >= 0.3 is 0 Å². The lowest BCUT2D eigenvalue weighted by Crippen LogP contribution is -2.66. The van der Waals surface area contributed by atoms with Crippen LogP contribution in [0, 0.1) is 17.0 Å². The number of piperidine rings is 3. The Labute approximate surface area is 399 Å². The lowest BCUT2D eigenvalue weighted by atomic mass is 9.82. The second-order valence-corrected chi connectivity index (χ2v) is 20.2. The molecule has 16 nitrogen and oxygen atoms in total. The number of carbonyl (C=O) groups excluding carboxylic acids is 5. The first-order chi connectivity index (χ1) is 32.7. The Morgan fingerprint density at radius 2 is 1.62 bits per heavy atom. The van der Waals surface area contributed by atoms with Crippen molar-refractivity contribution in [1.82, 2.24) is 35.7 Å². The molecule has 5 aliphatic heterocycles. The van der Waals surface area contributed by atoms with Crippen molar-refractivity contribution < 1.29 is 34.2 Å². The van der Waals surface area contributed by atoms with Gasteiger partial charge in [0.2, 0.25) is 17.7 Å². The number of amides is 5. The van der Waals surface area contributed by atoms with Gasteiger partial charge < -0.3 is 36.0 Å². The number of benzene rings is 3. The van der Waals surface area contributed by atoms with E-state index in [1.807, 2.05) is 36.4 Å². The van der Waals surface area contributed by atoms with Crippen molar-refractivity contribution in [2.45, 2.75) is 90.1 Å². The zero-order valence-corrected chi connectivity index (χ0v) is 39.2. The van der Waals surface area contributed by atoms with Crippen LogP contribution in [0.4, 0.5) is 36.6 Å². The number of piperazine rings is 1. The van der Waals surface area contributed by atoms with Gasteiger partial charge in [0.1, 0.15) is 35.6 Å². The SMILES string of the molecule is CC1(C)CCN(Cc2cc(F)c(N3CC(=O)NC4(CCN(c5cc(NCc6cccc(CNC(=O)SCNc7cccc8c7CN(C7CCC(=O)NC7=O)C8=O)c6)ncn5)CC4)C3)cc2F)CC1.[HH]. The lowest BCUT2D eigenvalue weighted by Gasteiger charge is -2.48. The van der Waals surface area contributed by atoms with E-state index in [1.165, 1.54) is 23.4 Å². The molecule has 1 aromatic heterocycles. The summed E-state index contributed by atoms with van der Waals surface area (Å²) < 4.78 is 31.2. The highest BCUT2D eigenvalue weighted by molar-refractivity contribution is 8.13. The van der Waals surface area contributed by atoms with Gasteiger partial charge in [-0.05, 0) is 91.7 Å². The number of anilines is 4. The Morgan fingerprint density at radius 3 is 2.40 bits per heavy atom. The summed E-state index contributed by atoms with van der Waals surface area (Å²) in [5, 5.41) is 14.9. The van der Waals surface area contributed by atoms with E-state index in [2.05, 4.69) is 60.2 Å². The molecule has 0 radical (unpaired) electrons. The topological polar surface area (TPSA) is 184 Å². The minimum atomic E-state index is -0.706. The molecule has 0 saturated carbocycles. The summed E-state index contributed by atoms with van der Waals surface area (Å²) in [5.74, 6) is -0.620. The van der Waals surface area contributed by atoms with Crippen LogP contribution >= 0.6 is 11.8 Å². The van der Waals surface area contributed by atoms with Crippen molar-refractivity contribution in [1.29, 1.82) is 0 Å². The van der Waals surface area contributed by atoms with E-state index in [4.69, 9.17) is 0 Å². The molecule has 0 bridgehead atoms. The summed E-state index contributed by atoms with van der Waals surface area (Å²) in [6, 6.07) is 16.9. The molecule has 5 N–H and O–H groups in total. The summed E-state index contributed by atoms with van der Waals surface area (Å²) in [6.07, 6.45) is 5.19. The van der Waals surface area contributed by atoms with Crippen molar-refractivity contribution in [2.24, 2.45) is 5.41 Å². The van der Waals surface area contributed by atoms with Gasteiger partial charge in [-0.3, -0.25) is 34.2 Å². The Bertz CT molecular complexity index is 2610. The third-order valence-corrected chi connectivity index (χ3v) is 14.6.